The van der Waals surface area contributed by atoms with Gasteiger partial charge in [-0.05, 0) is 37.0 Å². The summed E-state index contributed by atoms with van der Waals surface area (Å²) in [4.78, 5) is 2.38. The summed E-state index contributed by atoms with van der Waals surface area (Å²) in [7, 11) is 2.19. The standard InChI is InChI=1S/C17H28N2/c1-14-7-6-10-16(11-14)19(2)17(13-18)12-15-8-4-3-5-9-15/h6-7,10-11,15,17H,3-5,8-9,12-13,18H2,1-2H3. The molecule has 2 N–H and O–H groups in total. The third kappa shape index (κ3) is 3.97. The lowest BCUT2D eigenvalue weighted by Crippen LogP contribution is -2.39. The minimum absolute atomic E-state index is 0.477. The van der Waals surface area contributed by atoms with Gasteiger partial charge in [0.2, 0.25) is 0 Å². The molecule has 0 aromatic heterocycles. The van der Waals surface area contributed by atoms with E-state index in [4.69, 9.17) is 5.73 Å². The van der Waals surface area contributed by atoms with E-state index in [9.17, 15) is 0 Å². The molecule has 1 atom stereocenters. The highest BCUT2D eigenvalue weighted by molar-refractivity contribution is 5.48. The predicted molar refractivity (Wildman–Crippen MR) is 83.6 cm³/mol. The van der Waals surface area contributed by atoms with E-state index in [1.54, 1.807) is 0 Å². The van der Waals surface area contributed by atoms with Gasteiger partial charge in [-0.15, -0.1) is 0 Å². The molecule has 1 saturated carbocycles. The second kappa shape index (κ2) is 6.95. The van der Waals surface area contributed by atoms with Gasteiger partial charge in [0.05, 0.1) is 0 Å². The number of aryl methyl sites for hydroxylation is 1. The van der Waals surface area contributed by atoms with Crippen LogP contribution in [-0.4, -0.2) is 19.6 Å². The Labute approximate surface area is 118 Å². The molecule has 1 aliphatic rings. The zero-order valence-corrected chi connectivity index (χ0v) is 12.4. The molecule has 0 bridgehead atoms. The topological polar surface area (TPSA) is 29.3 Å². The number of benzene rings is 1. The van der Waals surface area contributed by atoms with Gasteiger partial charge >= 0.3 is 0 Å². The highest BCUT2D eigenvalue weighted by Gasteiger charge is 2.21. The van der Waals surface area contributed by atoms with Crippen LogP contribution in [0.5, 0.6) is 0 Å². The van der Waals surface area contributed by atoms with Gasteiger partial charge in [0.1, 0.15) is 0 Å². The maximum absolute atomic E-state index is 6.02. The average Bonchev–Trinajstić information content (AvgIpc) is 2.45. The number of anilines is 1. The van der Waals surface area contributed by atoms with Crippen molar-refractivity contribution in [2.75, 3.05) is 18.5 Å². The molecule has 2 nitrogen and oxygen atoms in total. The first kappa shape index (κ1) is 14.4. The Balaban J connectivity index is 1.99. The first-order valence-corrected chi connectivity index (χ1v) is 7.70. The van der Waals surface area contributed by atoms with Gasteiger partial charge in [0.15, 0.2) is 0 Å². The van der Waals surface area contributed by atoms with E-state index < -0.39 is 0 Å². The van der Waals surface area contributed by atoms with Crippen LogP contribution in [-0.2, 0) is 0 Å². The molecule has 2 rings (SSSR count). The molecular formula is C17H28N2. The molecule has 1 fully saturated rings. The van der Waals surface area contributed by atoms with Gasteiger partial charge in [-0.25, -0.2) is 0 Å². The van der Waals surface area contributed by atoms with Crippen molar-refractivity contribution < 1.29 is 0 Å². The van der Waals surface area contributed by atoms with Gasteiger partial charge in [-0.2, -0.15) is 0 Å². The molecule has 2 heteroatoms. The van der Waals surface area contributed by atoms with Crippen LogP contribution in [0, 0.1) is 12.8 Å². The molecule has 1 aromatic carbocycles. The minimum Gasteiger partial charge on any atom is -0.370 e. The summed E-state index contributed by atoms with van der Waals surface area (Å²) in [6, 6.07) is 9.20. The van der Waals surface area contributed by atoms with Crippen molar-refractivity contribution >= 4 is 5.69 Å². The van der Waals surface area contributed by atoms with Crippen molar-refractivity contribution in [1.29, 1.82) is 0 Å². The third-order valence-corrected chi connectivity index (χ3v) is 4.56. The van der Waals surface area contributed by atoms with Crippen molar-refractivity contribution in [3.63, 3.8) is 0 Å². The molecule has 1 aromatic rings. The zero-order chi connectivity index (χ0) is 13.7. The van der Waals surface area contributed by atoms with Crippen LogP contribution in [0.4, 0.5) is 5.69 Å². The Bertz CT molecular complexity index is 383. The molecule has 19 heavy (non-hydrogen) atoms. The van der Waals surface area contributed by atoms with Crippen LogP contribution in [0.1, 0.15) is 44.1 Å². The molecule has 1 unspecified atom stereocenters. The Hall–Kier alpha value is -1.02. The second-order valence-electron chi connectivity index (χ2n) is 6.08. The molecule has 1 aliphatic carbocycles. The van der Waals surface area contributed by atoms with Crippen LogP contribution >= 0.6 is 0 Å². The fourth-order valence-electron chi connectivity index (χ4n) is 3.28. The lowest BCUT2D eigenvalue weighted by atomic mass is 9.84. The Morgan fingerprint density at radius 2 is 2.00 bits per heavy atom. The molecular weight excluding hydrogens is 232 g/mol. The van der Waals surface area contributed by atoms with E-state index in [-0.39, 0.29) is 0 Å². The molecule has 0 spiro atoms. The molecule has 0 heterocycles. The van der Waals surface area contributed by atoms with Gasteiger partial charge in [-0.1, -0.05) is 44.2 Å². The number of nitrogens with zero attached hydrogens (tertiary/aromatic N) is 1. The Morgan fingerprint density at radius 3 is 2.63 bits per heavy atom. The molecule has 106 valence electrons. The van der Waals surface area contributed by atoms with Crippen LogP contribution in [0.2, 0.25) is 0 Å². The van der Waals surface area contributed by atoms with Crippen LogP contribution in [0.15, 0.2) is 24.3 Å². The summed E-state index contributed by atoms with van der Waals surface area (Å²) in [5.41, 5.74) is 8.64. The Morgan fingerprint density at radius 1 is 1.26 bits per heavy atom. The number of rotatable bonds is 5. The number of likely N-dealkylation sites (N-methyl/N-ethyl adjacent to an activating group) is 1. The largest absolute Gasteiger partial charge is 0.370 e. The van der Waals surface area contributed by atoms with Gasteiger partial charge in [0.25, 0.3) is 0 Å². The summed E-state index contributed by atoms with van der Waals surface area (Å²) < 4.78 is 0. The van der Waals surface area contributed by atoms with E-state index in [0.29, 0.717) is 6.04 Å². The second-order valence-corrected chi connectivity index (χ2v) is 6.08. The fraction of sp³-hybridized carbons (Fsp3) is 0.647. The van der Waals surface area contributed by atoms with E-state index in [2.05, 4.69) is 43.1 Å². The van der Waals surface area contributed by atoms with Crippen LogP contribution < -0.4 is 10.6 Å². The highest BCUT2D eigenvalue weighted by Crippen LogP contribution is 2.29. The van der Waals surface area contributed by atoms with Crippen molar-refractivity contribution in [3.8, 4) is 0 Å². The fourth-order valence-corrected chi connectivity index (χ4v) is 3.28. The summed E-state index contributed by atoms with van der Waals surface area (Å²) in [5, 5.41) is 0. The van der Waals surface area contributed by atoms with Gasteiger partial charge in [-0.3, -0.25) is 0 Å². The molecule has 0 aliphatic heterocycles. The number of hydrogen-bond acceptors (Lipinski definition) is 2. The maximum atomic E-state index is 6.02. The average molecular weight is 260 g/mol. The van der Waals surface area contributed by atoms with Gasteiger partial charge in [0, 0.05) is 25.3 Å². The monoisotopic (exact) mass is 260 g/mol. The number of nitrogens with two attached hydrogens (primary N) is 1. The molecule has 0 amide bonds. The lowest BCUT2D eigenvalue weighted by Gasteiger charge is -2.33. The minimum atomic E-state index is 0.477. The van der Waals surface area contributed by atoms with Crippen molar-refractivity contribution in [1.82, 2.24) is 0 Å². The van der Waals surface area contributed by atoms with Crippen LogP contribution in [0.3, 0.4) is 0 Å². The zero-order valence-electron chi connectivity index (χ0n) is 12.4. The highest BCUT2D eigenvalue weighted by atomic mass is 15.1. The molecule has 0 radical (unpaired) electrons. The quantitative estimate of drug-likeness (QED) is 0.874. The summed E-state index contributed by atoms with van der Waals surface area (Å²) >= 11 is 0. The Kier molecular flexibility index (Phi) is 5.26. The first-order valence-electron chi connectivity index (χ1n) is 7.70. The normalized spacial score (nSPS) is 18.3. The van der Waals surface area contributed by atoms with E-state index >= 15 is 0 Å². The van der Waals surface area contributed by atoms with Crippen molar-refractivity contribution in [2.45, 2.75) is 51.5 Å². The SMILES string of the molecule is Cc1cccc(N(C)C(CN)CC2CCCCC2)c1. The van der Waals surface area contributed by atoms with Crippen molar-refractivity contribution in [3.05, 3.63) is 29.8 Å². The third-order valence-electron chi connectivity index (χ3n) is 4.56. The summed E-state index contributed by atoms with van der Waals surface area (Å²) in [6.45, 7) is 2.90. The van der Waals surface area contributed by atoms with E-state index in [0.717, 1.165) is 12.5 Å². The van der Waals surface area contributed by atoms with Crippen molar-refractivity contribution in [2.24, 2.45) is 11.7 Å². The summed E-state index contributed by atoms with van der Waals surface area (Å²) in [5.74, 6) is 0.884. The number of hydrogen-bond donors (Lipinski definition) is 1. The van der Waals surface area contributed by atoms with E-state index in [1.165, 1.54) is 49.8 Å². The maximum Gasteiger partial charge on any atom is 0.0411 e. The summed E-state index contributed by atoms with van der Waals surface area (Å²) in [6.07, 6.45) is 8.31. The van der Waals surface area contributed by atoms with Crippen LogP contribution in [0.25, 0.3) is 0 Å². The van der Waals surface area contributed by atoms with Gasteiger partial charge < -0.3 is 10.6 Å². The lowest BCUT2D eigenvalue weighted by molar-refractivity contribution is 0.316. The molecule has 0 saturated heterocycles. The smallest absolute Gasteiger partial charge is 0.0411 e. The first-order chi connectivity index (χ1) is 9.20. The predicted octanol–water partition coefficient (Wildman–Crippen LogP) is 3.73. The van der Waals surface area contributed by atoms with E-state index in [1.807, 2.05) is 0 Å².